The van der Waals surface area contributed by atoms with Gasteiger partial charge in [-0.3, -0.25) is 4.79 Å². The van der Waals surface area contributed by atoms with Gasteiger partial charge in [-0.25, -0.2) is 0 Å². The Balaban J connectivity index is 1.72. The van der Waals surface area contributed by atoms with Crippen LogP contribution in [0.4, 0.5) is 0 Å². The second kappa shape index (κ2) is 10.2. The summed E-state index contributed by atoms with van der Waals surface area (Å²) < 4.78 is 14.1. The van der Waals surface area contributed by atoms with Crippen molar-refractivity contribution in [2.45, 2.75) is 11.2 Å². The smallest absolute Gasteiger partial charge is 0.244 e. The fourth-order valence-electron chi connectivity index (χ4n) is 6.10. The highest BCUT2D eigenvalue weighted by Gasteiger charge is 2.73. The van der Waals surface area contributed by atoms with Crippen LogP contribution in [-0.2, 0) is 16.0 Å². The van der Waals surface area contributed by atoms with Crippen LogP contribution >= 0.6 is 46.4 Å². The normalized spacial score (nSPS) is 20.9. The average Bonchev–Trinajstić information content (AvgIpc) is 3.29. The topological polar surface area (TPSA) is 35.5 Å². The molecule has 0 fully saturated rings. The van der Waals surface area contributed by atoms with Gasteiger partial charge in [-0.15, -0.1) is 0 Å². The number of benzene rings is 5. The van der Waals surface area contributed by atoms with Crippen molar-refractivity contribution in [2.24, 2.45) is 0 Å². The third-order valence-corrected chi connectivity index (χ3v) is 9.59. The maximum atomic E-state index is 15.4. The van der Waals surface area contributed by atoms with Crippen LogP contribution in [0, 0.1) is 0 Å². The molecule has 7 rings (SSSR count). The Bertz CT molecular complexity index is 1880. The summed E-state index contributed by atoms with van der Waals surface area (Å²) in [6.07, 6.45) is 0. The van der Waals surface area contributed by atoms with Crippen molar-refractivity contribution in [3.8, 4) is 11.5 Å². The third-order valence-electron chi connectivity index (χ3n) is 7.82. The maximum absolute atomic E-state index is 15.4. The highest BCUT2D eigenvalue weighted by atomic mass is 35.5. The summed E-state index contributed by atoms with van der Waals surface area (Å²) >= 11 is 26.7. The average molecular weight is 630 g/mol. The van der Waals surface area contributed by atoms with E-state index in [9.17, 15) is 0 Å². The van der Waals surface area contributed by atoms with E-state index in [1.807, 2.05) is 121 Å². The zero-order valence-corrected chi connectivity index (χ0v) is 24.8. The predicted octanol–water partition coefficient (Wildman–Crippen LogP) is 10.1. The van der Waals surface area contributed by atoms with Gasteiger partial charge < -0.3 is 9.47 Å². The number of fused-ring (bicyclic) bond motifs is 2. The maximum Gasteiger partial charge on any atom is 0.244 e. The van der Waals surface area contributed by atoms with Gasteiger partial charge in [0.2, 0.25) is 17.0 Å². The van der Waals surface area contributed by atoms with Crippen molar-refractivity contribution < 1.29 is 14.3 Å². The minimum absolute atomic E-state index is 0.000238. The molecule has 0 N–H and O–H groups in total. The Morgan fingerprint density at radius 3 is 1.31 bits per heavy atom. The van der Waals surface area contributed by atoms with Crippen LogP contribution < -0.4 is 9.47 Å². The van der Waals surface area contributed by atoms with E-state index in [1.54, 1.807) is 0 Å². The summed E-state index contributed by atoms with van der Waals surface area (Å²) in [6.45, 7) is 0. The molecule has 206 valence electrons. The molecular formula is C35H20Cl4O3. The van der Waals surface area contributed by atoms with Crippen LogP contribution in [0.1, 0.15) is 22.3 Å². The molecule has 5 aromatic carbocycles. The quantitative estimate of drug-likeness (QED) is 0.147. The van der Waals surface area contributed by atoms with Crippen molar-refractivity contribution in [3.63, 3.8) is 0 Å². The molecule has 7 heteroatoms. The van der Waals surface area contributed by atoms with Crippen molar-refractivity contribution in [2.75, 3.05) is 0 Å². The number of ketones is 1. The van der Waals surface area contributed by atoms with E-state index in [0.717, 1.165) is 5.56 Å². The summed E-state index contributed by atoms with van der Waals surface area (Å²) in [5.74, 6) is -0.157. The zero-order valence-electron chi connectivity index (χ0n) is 21.8. The number of carbonyl (C=O) groups is 1. The molecule has 0 spiro atoms. The fraction of sp³-hybridized carbons (Fsp3) is 0.0571. The minimum Gasteiger partial charge on any atom is -0.467 e. The highest BCUT2D eigenvalue weighted by molar-refractivity contribution is 6.53. The van der Waals surface area contributed by atoms with E-state index in [-0.39, 0.29) is 37.4 Å². The van der Waals surface area contributed by atoms with Gasteiger partial charge >= 0.3 is 0 Å². The molecule has 0 aromatic heterocycles. The van der Waals surface area contributed by atoms with Crippen LogP contribution in [0.3, 0.4) is 0 Å². The Morgan fingerprint density at radius 1 is 0.452 bits per heavy atom. The number of Topliss-reactive ketones (excluding diaryl/α,β-unsaturated/α-hetero) is 1. The van der Waals surface area contributed by atoms with E-state index in [0.29, 0.717) is 27.8 Å². The first-order chi connectivity index (χ1) is 20.4. The number of halogens is 4. The Hall–Kier alpha value is -3.73. The van der Waals surface area contributed by atoms with Crippen molar-refractivity contribution >= 4 is 63.3 Å². The molecule has 2 aliphatic rings. The van der Waals surface area contributed by atoms with E-state index in [2.05, 4.69) is 0 Å². The summed E-state index contributed by atoms with van der Waals surface area (Å²) in [5.41, 5.74) is 0.467. The van der Waals surface area contributed by atoms with E-state index in [1.165, 1.54) is 0 Å². The van der Waals surface area contributed by atoms with E-state index in [4.69, 9.17) is 55.9 Å². The van der Waals surface area contributed by atoms with Crippen LogP contribution in [0.25, 0.3) is 11.1 Å². The molecular weight excluding hydrogens is 610 g/mol. The van der Waals surface area contributed by atoms with Gasteiger partial charge in [0.05, 0.1) is 10.0 Å². The largest absolute Gasteiger partial charge is 0.467 e. The fourth-order valence-corrected chi connectivity index (χ4v) is 7.00. The standard InChI is InChI=1S/C35H20Cl4O3/c36-27-28(37)30(39)32-31(29(27)38)41-34(23-17-9-3-10-18-23)26(22-15-7-2-8-16-22)25(21-13-5-1-6-14-21)33(40)35(34,42-32)24-19-11-4-12-20-24/h1-20H/t34-,35+/m0/s1. The molecule has 0 radical (unpaired) electrons. The molecule has 2 atom stereocenters. The minimum atomic E-state index is -1.77. The molecule has 1 aliphatic carbocycles. The summed E-state index contributed by atoms with van der Waals surface area (Å²) in [6, 6.07) is 38.1. The van der Waals surface area contributed by atoms with E-state index >= 15 is 4.79 Å². The van der Waals surface area contributed by atoms with Gasteiger partial charge in [0.15, 0.2) is 11.5 Å². The number of rotatable bonds is 4. The Morgan fingerprint density at radius 2 is 0.833 bits per heavy atom. The lowest BCUT2D eigenvalue weighted by molar-refractivity contribution is -0.152. The summed E-state index contributed by atoms with van der Waals surface area (Å²) in [4.78, 5) is 15.4. The van der Waals surface area contributed by atoms with Gasteiger partial charge in [-0.2, -0.15) is 0 Å². The van der Waals surface area contributed by atoms with Gasteiger partial charge in [-0.05, 0) is 11.1 Å². The third kappa shape index (κ3) is 3.64. The molecule has 5 aromatic rings. The van der Waals surface area contributed by atoms with Gasteiger partial charge in [0.25, 0.3) is 0 Å². The SMILES string of the molecule is O=C1C(c2ccccc2)=C(c2ccccc2)[C@]2(c3ccccc3)Oc3c(Cl)c(Cl)c(Cl)c(Cl)c3O[C@]12c1ccccc1. The first-order valence-corrected chi connectivity index (χ1v) is 14.7. The number of ether oxygens (including phenoxy) is 2. The Labute approximate surface area is 262 Å². The molecule has 0 unspecified atom stereocenters. The van der Waals surface area contributed by atoms with Crippen LogP contribution in [0.15, 0.2) is 121 Å². The van der Waals surface area contributed by atoms with Crippen molar-refractivity contribution in [1.82, 2.24) is 0 Å². The number of hydrogen-bond acceptors (Lipinski definition) is 3. The molecule has 0 saturated heterocycles. The molecule has 42 heavy (non-hydrogen) atoms. The van der Waals surface area contributed by atoms with Gasteiger partial charge in [-0.1, -0.05) is 168 Å². The lowest BCUT2D eigenvalue weighted by Crippen LogP contribution is -2.60. The summed E-state index contributed by atoms with van der Waals surface area (Å²) in [7, 11) is 0. The zero-order chi connectivity index (χ0) is 29.1. The molecule has 3 nitrogen and oxygen atoms in total. The van der Waals surface area contributed by atoms with Gasteiger partial charge in [0.1, 0.15) is 10.0 Å². The summed E-state index contributed by atoms with van der Waals surface area (Å²) in [5, 5.41) is 0.0661. The van der Waals surface area contributed by atoms with Crippen LogP contribution in [0.2, 0.25) is 20.1 Å². The second-order valence-corrected chi connectivity index (χ2v) is 11.5. The second-order valence-electron chi connectivity index (χ2n) is 10.0. The molecule has 1 aliphatic heterocycles. The number of hydrogen-bond donors (Lipinski definition) is 0. The van der Waals surface area contributed by atoms with Crippen LogP contribution in [0.5, 0.6) is 11.5 Å². The van der Waals surface area contributed by atoms with Crippen molar-refractivity contribution in [1.29, 1.82) is 0 Å². The monoisotopic (exact) mass is 628 g/mol. The van der Waals surface area contributed by atoms with Gasteiger partial charge in [0, 0.05) is 22.3 Å². The molecule has 0 saturated carbocycles. The first-order valence-electron chi connectivity index (χ1n) is 13.2. The van der Waals surface area contributed by atoms with Crippen molar-refractivity contribution in [3.05, 3.63) is 164 Å². The van der Waals surface area contributed by atoms with Crippen LogP contribution in [-0.4, -0.2) is 5.78 Å². The first kappa shape index (κ1) is 27.1. The highest BCUT2D eigenvalue weighted by Crippen LogP contribution is 2.68. The molecule has 0 bridgehead atoms. The predicted molar refractivity (Wildman–Crippen MR) is 169 cm³/mol. The lowest BCUT2D eigenvalue weighted by Gasteiger charge is -2.50. The molecule has 0 amide bonds. The number of carbonyl (C=O) groups excluding carboxylic acids is 1. The van der Waals surface area contributed by atoms with E-state index < -0.39 is 11.2 Å². The lowest BCUT2D eigenvalue weighted by atomic mass is 9.69. The molecule has 1 heterocycles. The Kier molecular flexibility index (Phi) is 6.60.